The first kappa shape index (κ1) is 12.9. The highest BCUT2D eigenvalue weighted by Crippen LogP contribution is 2.21. The molecule has 1 N–H and O–H groups in total. The number of hydrogen-bond donors (Lipinski definition) is 1. The largest absolute Gasteiger partial charge is 0.494 e. The van der Waals surface area contributed by atoms with Crippen molar-refractivity contribution in [2.24, 2.45) is 7.05 Å². The highest BCUT2D eigenvalue weighted by molar-refractivity contribution is 5.77. The number of nitrogens with zero attached hydrogens (tertiary/aromatic N) is 2. The zero-order valence-electron chi connectivity index (χ0n) is 11.4. The summed E-state index contributed by atoms with van der Waals surface area (Å²) >= 11 is 0. The monoisotopic (exact) mass is 247 g/mol. The van der Waals surface area contributed by atoms with Gasteiger partial charge in [0, 0.05) is 26.1 Å². The van der Waals surface area contributed by atoms with Crippen LogP contribution in [-0.4, -0.2) is 29.2 Å². The van der Waals surface area contributed by atoms with Gasteiger partial charge in [0.05, 0.1) is 17.6 Å². The molecule has 4 nitrogen and oxygen atoms in total. The Morgan fingerprint density at radius 1 is 1.33 bits per heavy atom. The number of benzene rings is 1. The SMILES string of the molecule is CCNCCc1nc2cc(OCC)ccc2n1C. The van der Waals surface area contributed by atoms with E-state index in [2.05, 4.69) is 34.9 Å². The highest BCUT2D eigenvalue weighted by atomic mass is 16.5. The van der Waals surface area contributed by atoms with Crippen LogP contribution in [0.1, 0.15) is 19.7 Å². The number of likely N-dealkylation sites (N-methyl/N-ethyl adjacent to an activating group) is 1. The minimum atomic E-state index is 0.686. The van der Waals surface area contributed by atoms with Gasteiger partial charge in [-0.15, -0.1) is 0 Å². The first-order chi connectivity index (χ1) is 8.76. The minimum Gasteiger partial charge on any atom is -0.494 e. The maximum atomic E-state index is 5.50. The fourth-order valence-corrected chi connectivity index (χ4v) is 2.09. The summed E-state index contributed by atoms with van der Waals surface area (Å²) in [5, 5.41) is 3.32. The lowest BCUT2D eigenvalue weighted by Crippen LogP contribution is -2.17. The normalized spacial score (nSPS) is 11.1. The van der Waals surface area contributed by atoms with E-state index >= 15 is 0 Å². The predicted octanol–water partition coefficient (Wildman–Crippen LogP) is 2.12. The Balaban J connectivity index is 2.24. The van der Waals surface area contributed by atoms with Crippen molar-refractivity contribution < 1.29 is 4.74 Å². The third-order valence-corrected chi connectivity index (χ3v) is 3.03. The third-order valence-electron chi connectivity index (χ3n) is 3.03. The lowest BCUT2D eigenvalue weighted by atomic mass is 10.3. The van der Waals surface area contributed by atoms with Crippen LogP contribution in [0.4, 0.5) is 0 Å². The summed E-state index contributed by atoms with van der Waals surface area (Å²) in [6.45, 7) is 6.75. The number of ether oxygens (including phenoxy) is 1. The molecule has 0 radical (unpaired) electrons. The number of nitrogens with one attached hydrogen (secondary N) is 1. The Hall–Kier alpha value is -1.55. The van der Waals surface area contributed by atoms with Crippen LogP contribution in [-0.2, 0) is 13.5 Å². The van der Waals surface area contributed by atoms with Crippen molar-refractivity contribution in [1.29, 1.82) is 0 Å². The number of imidazole rings is 1. The molecule has 98 valence electrons. The maximum absolute atomic E-state index is 5.50. The standard InChI is InChI=1S/C14H21N3O/c1-4-15-9-8-14-16-12-10-11(18-5-2)6-7-13(12)17(14)3/h6-7,10,15H,4-5,8-9H2,1-3H3. The van der Waals surface area contributed by atoms with E-state index in [0.717, 1.165) is 42.1 Å². The van der Waals surface area contributed by atoms with Gasteiger partial charge >= 0.3 is 0 Å². The Kier molecular flexibility index (Phi) is 4.20. The van der Waals surface area contributed by atoms with E-state index in [1.54, 1.807) is 0 Å². The highest BCUT2D eigenvalue weighted by Gasteiger charge is 2.08. The molecule has 0 saturated heterocycles. The van der Waals surface area contributed by atoms with Crippen molar-refractivity contribution in [2.45, 2.75) is 20.3 Å². The molecule has 0 aliphatic heterocycles. The lowest BCUT2D eigenvalue weighted by Gasteiger charge is -2.03. The van der Waals surface area contributed by atoms with Crippen LogP contribution >= 0.6 is 0 Å². The summed E-state index contributed by atoms with van der Waals surface area (Å²) in [6.07, 6.45) is 0.947. The molecule has 0 saturated carbocycles. The van der Waals surface area contributed by atoms with E-state index in [1.165, 1.54) is 0 Å². The van der Waals surface area contributed by atoms with Gasteiger partial charge in [-0.2, -0.15) is 0 Å². The van der Waals surface area contributed by atoms with Gasteiger partial charge in [-0.25, -0.2) is 4.98 Å². The minimum absolute atomic E-state index is 0.686. The molecule has 0 fully saturated rings. The van der Waals surface area contributed by atoms with E-state index in [9.17, 15) is 0 Å². The van der Waals surface area contributed by atoms with Crippen LogP contribution in [0.25, 0.3) is 11.0 Å². The van der Waals surface area contributed by atoms with Crippen molar-refractivity contribution in [3.63, 3.8) is 0 Å². The van der Waals surface area contributed by atoms with Crippen molar-refractivity contribution in [3.05, 3.63) is 24.0 Å². The first-order valence-corrected chi connectivity index (χ1v) is 6.55. The van der Waals surface area contributed by atoms with Crippen LogP contribution in [0, 0.1) is 0 Å². The smallest absolute Gasteiger partial charge is 0.121 e. The fraction of sp³-hybridized carbons (Fsp3) is 0.500. The molecule has 2 aromatic rings. The second-order valence-corrected chi connectivity index (χ2v) is 4.27. The van der Waals surface area contributed by atoms with Crippen molar-refractivity contribution >= 4 is 11.0 Å². The van der Waals surface area contributed by atoms with Gasteiger partial charge in [0.2, 0.25) is 0 Å². The van der Waals surface area contributed by atoms with Crippen molar-refractivity contribution in [1.82, 2.24) is 14.9 Å². The molecule has 1 heterocycles. The van der Waals surface area contributed by atoms with Gasteiger partial charge in [0.25, 0.3) is 0 Å². The summed E-state index contributed by atoms with van der Waals surface area (Å²) in [4.78, 5) is 4.67. The maximum Gasteiger partial charge on any atom is 0.121 e. The summed E-state index contributed by atoms with van der Waals surface area (Å²) in [5.74, 6) is 2.00. The van der Waals surface area contributed by atoms with Crippen molar-refractivity contribution in [2.75, 3.05) is 19.7 Å². The average molecular weight is 247 g/mol. The molecule has 0 bridgehead atoms. The van der Waals surface area contributed by atoms with Gasteiger partial charge in [-0.1, -0.05) is 6.92 Å². The quantitative estimate of drug-likeness (QED) is 0.795. The van der Waals surface area contributed by atoms with E-state index < -0.39 is 0 Å². The average Bonchev–Trinajstić information content (AvgIpc) is 2.67. The van der Waals surface area contributed by atoms with E-state index in [0.29, 0.717) is 6.61 Å². The molecule has 1 aromatic heterocycles. The second-order valence-electron chi connectivity index (χ2n) is 4.27. The molecular weight excluding hydrogens is 226 g/mol. The molecule has 4 heteroatoms. The molecule has 0 aliphatic carbocycles. The first-order valence-electron chi connectivity index (χ1n) is 6.55. The van der Waals surface area contributed by atoms with Crippen LogP contribution in [0.5, 0.6) is 5.75 Å². The number of fused-ring (bicyclic) bond motifs is 1. The molecular formula is C14H21N3O. The summed E-state index contributed by atoms with van der Waals surface area (Å²) in [6, 6.07) is 6.08. The second kappa shape index (κ2) is 5.87. The molecule has 2 rings (SSSR count). The van der Waals surface area contributed by atoms with Gasteiger partial charge < -0.3 is 14.6 Å². The fourth-order valence-electron chi connectivity index (χ4n) is 2.09. The van der Waals surface area contributed by atoms with E-state index in [4.69, 9.17) is 4.74 Å². The zero-order chi connectivity index (χ0) is 13.0. The number of rotatable bonds is 6. The predicted molar refractivity (Wildman–Crippen MR) is 74.1 cm³/mol. The number of hydrogen-bond acceptors (Lipinski definition) is 3. The molecule has 1 aromatic carbocycles. The van der Waals surface area contributed by atoms with Gasteiger partial charge in [0.1, 0.15) is 11.6 Å². The third kappa shape index (κ3) is 2.64. The van der Waals surface area contributed by atoms with Crippen molar-refractivity contribution in [3.8, 4) is 5.75 Å². The van der Waals surface area contributed by atoms with Crippen LogP contribution in [0.3, 0.4) is 0 Å². The molecule has 0 spiro atoms. The van der Waals surface area contributed by atoms with Gasteiger partial charge in [-0.3, -0.25) is 0 Å². The van der Waals surface area contributed by atoms with E-state index in [1.807, 2.05) is 19.1 Å². The molecule has 0 atom stereocenters. The number of aryl methyl sites for hydroxylation is 1. The molecule has 0 unspecified atom stereocenters. The van der Waals surface area contributed by atoms with Gasteiger partial charge in [-0.05, 0) is 25.6 Å². The molecule has 18 heavy (non-hydrogen) atoms. The van der Waals surface area contributed by atoms with Gasteiger partial charge in [0.15, 0.2) is 0 Å². The van der Waals surface area contributed by atoms with Crippen LogP contribution in [0.2, 0.25) is 0 Å². The van der Waals surface area contributed by atoms with Crippen LogP contribution < -0.4 is 10.1 Å². The lowest BCUT2D eigenvalue weighted by molar-refractivity contribution is 0.340. The zero-order valence-corrected chi connectivity index (χ0v) is 11.4. The van der Waals surface area contributed by atoms with Crippen LogP contribution in [0.15, 0.2) is 18.2 Å². The summed E-state index contributed by atoms with van der Waals surface area (Å²) in [5.41, 5.74) is 2.17. The summed E-state index contributed by atoms with van der Waals surface area (Å²) in [7, 11) is 2.07. The Morgan fingerprint density at radius 3 is 2.89 bits per heavy atom. The van der Waals surface area contributed by atoms with E-state index in [-0.39, 0.29) is 0 Å². The Morgan fingerprint density at radius 2 is 2.17 bits per heavy atom. The molecule has 0 aliphatic rings. The Bertz CT molecular complexity index is 519. The Labute approximate surface area is 108 Å². The number of aromatic nitrogens is 2. The molecule has 0 amide bonds. The topological polar surface area (TPSA) is 39.1 Å². The summed E-state index contributed by atoms with van der Waals surface area (Å²) < 4.78 is 7.66.